The first-order valence-electron chi connectivity index (χ1n) is 6.43. The van der Waals surface area contributed by atoms with Gasteiger partial charge in [-0.2, -0.15) is 0 Å². The van der Waals surface area contributed by atoms with E-state index in [0.29, 0.717) is 13.0 Å². The molecule has 104 valence electrons. The highest BCUT2D eigenvalue weighted by Gasteiger charge is 2.21. The minimum absolute atomic E-state index is 0.160. The van der Waals surface area contributed by atoms with Crippen molar-refractivity contribution in [3.63, 3.8) is 0 Å². The molecule has 0 saturated carbocycles. The predicted molar refractivity (Wildman–Crippen MR) is 74.9 cm³/mol. The summed E-state index contributed by atoms with van der Waals surface area (Å²) in [6.07, 6.45) is 0.694. The van der Waals surface area contributed by atoms with Crippen LogP contribution in [0.3, 0.4) is 0 Å². The van der Waals surface area contributed by atoms with Gasteiger partial charge in [-0.25, -0.2) is 4.39 Å². The third kappa shape index (κ3) is 3.65. The molecule has 0 bridgehead atoms. The van der Waals surface area contributed by atoms with E-state index < -0.39 is 17.8 Å². The smallest absolute Gasteiger partial charge is 0.325 e. The zero-order chi connectivity index (χ0) is 14.4. The lowest BCUT2D eigenvalue weighted by atomic mass is 10.1. The van der Waals surface area contributed by atoms with E-state index in [1.54, 1.807) is 12.1 Å². The van der Waals surface area contributed by atoms with Gasteiger partial charge in [0.05, 0.1) is 0 Å². The number of carboxylic acids is 1. The summed E-state index contributed by atoms with van der Waals surface area (Å²) < 4.78 is 13.6. The van der Waals surface area contributed by atoms with Gasteiger partial charge in [0.2, 0.25) is 0 Å². The van der Waals surface area contributed by atoms with Gasteiger partial charge in [-0.05, 0) is 18.1 Å². The van der Waals surface area contributed by atoms with Crippen LogP contribution in [0, 0.1) is 5.82 Å². The lowest BCUT2D eigenvalue weighted by Crippen LogP contribution is -2.30. The van der Waals surface area contributed by atoms with Crippen LogP contribution < -0.4 is 5.32 Å². The van der Waals surface area contributed by atoms with Crippen molar-refractivity contribution in [2.75, 3.05) is 6.54 Å². The third-order valence-corrected chi connectivity index (χ3v) is 3.07. The Morgan fingerprint density at radius 2 is 1.75 bits per heavy atom. The summed E-state index contributed by atoms with van der Waals surface area (Å²) in [5, 5.41) is 12.1. The molecule has 0 spiro atoms. The summed E-state index contributed by atoms with van der Waals surface area (Å²) in [6.45, 7) is 0.468. The largest absolute Gasteiger partial charge is 0.480 e. The Labute approximate surface area is 117 Å². The molecule has 4 heteroatoms. The Morgan fingerprint density at radius 3 is 2.40 bits per heavy atom. The fourth-order valence-corrected chi connectivity index (χ4v) is 2.05. The van der Waals surface area contributed by atoms with Gasteiger partial charge in [0.15, 0.2) is 0 Å². The molecule has 0 fully saturated rings. The fraction of sp³-hybridized carbons (Fsp3) is 0.188. The van der Waals surface area contributed by atoms with Crippen molar-refractivity contribution in [1.82, 2.24) is 5.32 Å². The summed E-state index contributed by atoms with van der Waals surface area (Å²) in [5.74, 6) is -1.59. The van der Waals surface area contributed by atoms with E-state index in [9.17, 15) is 14.3 Å². The Morgan fingerprint density at radius 1 is 1.10 bits per heavy atom. The van der Waals surface area contributed by atoms with E-state index in [0.717, 1.165) is 5.56 Å². The standard InChI is InChI=1S/C16H16FNO2/c17-14-9-5-4-8-13(14)15(16(19)20)18-11-10-12-6-2-1-3-7-12/h1-9,15,18H,10-11H2,(H,19,20). The lowest BCUT2D eigenvalue weighted by Gasteiger charge is -2.15. The van der Waals surface area contributed by atoms with Gasteiger partial charge in [0.25, 0.3) is 0 Å². The second-order valence-electron chi connectivity index (χ2n) is 4.48. The van der Waals surface area contributed by atoms with Crippen molar-refractivity contribution in [3.8, 4) is 0 Å². The molecule has 0 aliphatic heterocycles. The van der Waals surface area contributed by atoms with Gasteiger partial charge in [0, 0.05) is 12.1 Å². The maximum Gasteiger partial charge on any atom is 0.325 e. The number of rotatable bonds is 6. The van der Waals surface area contributed by atoms with Crippen molar-refractivity contribution in [2.45, 2.75) is 12.5 Å². The average Bonchev–Trinajstić information content (AvgIpc) is 2.45. The normalized spacial score (nSPS) is 12.1. The number of benzene rings is 2. The Kier molecular flexibility index (Phi) is 4.85. The molecular formula is C16H16FNO2. The fourth-order valence-electron chi connectivity index (χ4n) is 2.05. The first-order chi connectivity index (χ1) is 9.68. The van der Waals surface area contributed by atoms with Crippen LogP contribution in [0.4, 0.5) is 4.39 Å². The van der Waals surface area contributed by atoms with Crippen molar-refractivity contribution in [3.05, 3.63) is 71.5 Å². The Hall–Kier alpha value is -2.20. The van der Waals surface area contributed by atoms with Gasteiger partial charge in [0.1, 0.15) is 11.9 Å². The molecule has 2 rings (SSSR count). The van der Waals surface area contributed by atoms with Crippen LogP contribution in [0.1, 0.15) is 17.2 Å². The Bertz CT molecular complexity index is 572. The predicted octanol–water partition coefficient (Wildman–Crippen LogP) is 2.78. The monoisotopic (exact) mass is 273 g/mol. The van der Waals surface area contributed by atoms with Crippen molar-refractivity contribution < 1.29 is 14.3 Å². The van der Waals surface area contributed by atoms with Crippen LogP contribution in [-0.2, 0) is 11.2 Å². The number of hydrogen-bond donors (Lipinski definition) is 2. The van der Waals surface area contributed by atoms with Gasteiger partial charge >= 0.3 is 5.97 Å². The number of carboxylic acid groups (broad SMARTS) is 1. The van der Waals surface area contributed by atoms with Gasteiger partial charge in [-0.3, -0.25) is 4.79 Å². The van der Waals surface area contributed by atoms with Crippen molar-refractivity contribution in [2.24, 2.45) is 0 Å². The number of halogens is 1. The number of carbonyl (C=O) groups is 1. The van der Waals surface area contributed by atoms with E-state index in [2.05, 4.69) is 5.32 Å². The molecule has 0 aromatic heterocycles. The first-order valence-corrected chi connectivity index (χ1v) is 6.43. The first kappa shape index (κ1) is 14.2. The molecule has 20 heavy (non-hydrogen) atoms. The second kappa shape index (κ2) is 6.82. The minimum atomic E-state index is -1.08. The van der Waals surface area contributed by atoms with Crippen molar-refractivity contribution in [1.29, 1.82) is 0 Å². The van der Waals surface area contributed by atoms with Crippen LogP contribution in [0.2, 0.25) is 0 Å². The summed E-state index contributed by atoms with van der Waals surface area (Å²) in [7, 11) is 0. The van der Waals surface area contributed by atoms with Crippen LogP contribution in [-0.4, -0.2) is 17.6 Å². The molecule has 0 amide bonds. The summed E-state index contributed by atoms with van der Waals surface area (Å²) in [4.78, 5) is 11.3. The van der Waals surface area contributed by atoms with Crippen LogP contribution in [0.15, 0.2) is 54.6 Å². The highest BCUT2D eigenvalue weighted by Crippen LogP contribution is 2.17. The molecule has 0 aliphatic rings. The van der Waals surface area contributed by atoms with Crippen LogP contribution in [0.5, 0.6) is 0 Å². The quantitative estimate of drug-likeness (QED) is 0.851. The van der Waals surface area contributed by atoms with E-state index in [-0.39, 0.29) is 5.56 Å². The molecule has 0 aliphatic carbocycles. The van der Waals surface area contributed by atoms with Gasteiger partial charge < -0.3 is 10.4 Å². The molecule has 0 saturated heterocycles. The SMILES string of the molecule is O=C(O)C(NCCc1ccccc1)c1ccccc1F. The summed E-state index contributed by atoms with van der Waals surface area (Å²) >= 11 is 0. The van der Waals surface area contributed by atoms with E-state index in [1.165, 1.54) is 12.1 Å². The third-order valence-electron chi connectivity index (χ3n) is 3.07. The average molecular weight is 273 g/mol. The van der Waals surface area contributed by atoms with Gasteiger partial charge in [-0.1, -0.05) is 48.5 Å². The number of aliphatic carboxylic acids is 1. The maximum absolute atomic E-state index is 13.6. The minimum Gasteiger partial charge on any atom is -0.480 e. The molecule has 0 radical (unpaired) electrons. The topological polar surface area (TPSA) is 49.3 Å². The molecule has 0 heterocycles. The zero-order valence-corrected chi connectivity index (χ0v) is 10.9. The molecule has 2 aromatic rings. The van der Waals surface area contributed by atoms with E-state index >= 15 is 0 Å². The summed E-state index contributed by atoms with van der Waals surface area (Å²) in [5.41, 5.74) is 1.27. The highest BCUT2D eigenvalue weighted by atomic mass is 19.1. The molecule has 1 unspecified atom stereocenters. The molecule has 2 N–H and O–H groups in total. The Balaban J connectivity index is 2.01. The second-order valence-corrected chi connectivity index (χ2v) is 4.48. The molecule has 3 nitrogen and oxygen atoms in total. The van der Waals surface area contributed by atoms with Crippen LogP contribution >= 0.6 is 0 Å². The van der Waals surface area contributed by atoms with Gasteiger partial charge in [-0.15, -0.1) is 0 Å². The maximum atomic E-state index is 13.6. The molecule has 1 atom stereocenters. The van der Waals surface area contributed by atoms with Crippen LogP contribution in [0.25, 0.3) is 0 Å². The number of hydrogen-bond acceptors (Lipinski definition) is 2. The highest BCUT2D eigenvalue weighted by molar-refractivity contribution is 5.75. The lowest BCUT2D eigenvalue weighted by molar-refractivity contribution is -0.139. The van der Waals surface area contributed by atoms with E-state index in [1.807, 2.05) is 30.3 Å². The zero-order valence-electron chi connectivity index (χ0n) is 10.9. The molecular weight excluding hydrogens is 257 g/mol. The summed E-state index contributed by atoms with van der Waals surface area (Å²) in [6, 6.07) is 14.6. The van der Waals surface area contributed by atoms with Crippen molar-refractivity contribution >= 4 is 5.97 Å². The van der Waals surface area contributed by atoms with E-state index in [4.69, 9.17) is 0 Å². The molecule has 2 aromatic carbocycles. The number of nitrogens with one attached hydrogen (secondary N) is 1.